The SMILES string of the molecule is COc1nc(NC2CCC(C(C)(C)O)CC2)nn2ccc(-c3ccc(N=N)c(NCC(F)F)c3)c12. The second-order valence-corrected chi connectivity index (χ2v) is 9.43. The van der Waals surface area contributed by atoms with Crippen LogP contribution in [0.2, 0.25) is 0 Å². The number of benzene rings is 1. The first-order valence-corrected chi connectivity index (χ1v) is 11.7. The predicted octanol–water partition coefficient (Wildman–Crippen LogP) is 5.49. The van der Waals surface area contributed by atoms with Gasteiger partial charge in [-0.25, -0.2) is 18.8 Å². The zero-order chi connectivity index (χ0) is 25.2. The number of hydrogen-bond donors (Lipinski definition) is 4. The summed E-state index contributed by atoms with van der Waals surface area (Å²) in [5.41, 5.74) is 9.38. The Morgan fingerprint density at radius 3 is 2.63 bits per heavy atom. The van der Waals surface area contributed by atoms with E-state index < -0.39 is 18.6 Å². The lowest BCUT2D eigenvalue weighted by Crippen LogP contribution is -2.37. The lowest BCUT2D eigenvalue weighted by molar-refractivity contribution is -0.000420. The molecule has 4 N–H and O–H groups in total. The van der Waals surface area contributed by atoms with Gasteiger partial charge in [0.1, 0.15) is 11.2 Å². The second-order valence-electron chi connectivity index (χ2n) is 9.43. The minimum Gasteiger partial charge on any atom is -0.479 e. The average molecular weight is 488 g/mol. The molecule has 1 aromatic carbocycles. The Hall–Kier alpha value is -3.34. The fourth-order valence-electron chi connectivity index (χ4n) is 4.69. The topological polar surface area (TPSA) is 120 Å². The number of ether oxygens (including phenoxy) is 1. The van der Waals surface area contributed by atoms with Gasteiger partial charge in [-0.2, -0.15) is 10.1 Å². The van der Waals surface area contributed by atoms with E-state index in [1.165, 1.54) is 7.11 Å². The molecule has 2 aromatic heterocycles. The van der Waals surface area contributed by atoms with Crippen LogP contribution in [0.1, 0.15) is 39.5 Å². The Bertz CT molecular complexity index is 1180. The van der Waals surface area contributed by atoms with Gasteiger partial charge in [0.05, 0.1) is 24.9 Å². The van der Waals surface area contributed by atoms with Crippen molar-refractivity contribution in [3.63, 3.8) is 0 Å². The highest BCUT2D eigenvalue weighted by Crippen LogP contribution is 2.37. The van der Waals surface area contributed by atoms with E-state index in [9.17, 15) is 13.9 Å². The first-order chi connectivity index (χ1) is 16.7. The zero-order valence-corrected chi connectivity index (χ0v) is 20.1. The summed E-state index contributed by atoms with van der Waals surface area (Å²) in [7, 11) is 1.54. The van der Waals surface area contributed by atoms with Gasteiger partial charge >= 0.3 is 0 Å². The Balaban J connectivity index is 1.60. The number of nitrogens with zero attached hydrogens (tertiary/aromatic N) is 4. The van der Waals surface area contributed by atoms with Crippen molar-refractivity contribution < 1.29 is 18.6 Å². The highest BCUT2D eigenvalue weighted by Gasteiger charge is 2.31. The summed E-state index contributed by atoms with van der Waals surface area (Å²) in [5, 5.41) is 24.4. The normalized spacial score (nSPS) is 18.6. The smallest absolute Gasteiger partial charge is 0.255 e. The summed E-state index contributed by atoms with van der Waals surface area (Å²) in [6, 6.07) is 7.11. The van der Waals surface area contributed by atoms with Gasteiger partial charge in [-0.1, -0.05) is 6.07 Å². The molecule has 0 aliphatic heterocycles. The summed E-state index contributed by atoms with van der Waals surface area (Å²) in [6.07, 6.45) is 2.94. The molecule has 0 bridgehead atoms. The Kier molecular flexibility index (Phi) is 7.15. The summed E-state index contributed by atoms with van der Waals surface area (Å²) in [5.74, 6) is 1.11. The molecule has 1 aliphatic rings. The highest BCUT2D eigenvalue weighted by atomic mass is 19.3. The average Bonchev–Trinajstić information content (AvgIpc) is 3.26. The number of nitrogens with one attached hydrogen (secondary N) is 3. The molecule has 2 heterocycles. The van der Waals surface area contributed by atoms with E-state index >= 15 is 0 Å². The largest absolute Gasteiger partial charge is 0.479 e. The molecule has 11 heteroatoms. The van der Waals surface area contributed by atoms with Crippen molar-refractivity contribution in [3.8, 4) is 17.0 Å². The quantitative estimate of drug-likeness (QED) is 0.297. The van der Waals surface area contributed by atoms with Crippen LogP contribution >= 0.6 is 0 Å². The molecule has 9 nitrogen and oxygen atoms in total. The fourth-order valence-corrected chi connectivity index (χ4v) is 4.69. The maximum Gasteiger partial charge on any atom is 0.255 e. The maximum absolute atomic E-state index is 12.7. The molecule has 4 rings (SSSR count). The number of aliphatic hydroxyl groups is 1. The van der Waals surface area contributed by atoms with Crippen molar-refractivity contribution in [2.24, 2.45) is 11.0 Å². The first kappa shape index (κ1) is 24.8. The second kappa shape index (κ2) is 10.1. The summed E-state index contributed by atoms with van der Waals surface area (Å²) in [4.78, 5) is 4.58. The van der Waals surface area contributed by atoms with E-state index in [1.54, 1.807) is 28.9 Å². The van der Waals surface area contributed by atoms with Crippen molar-refractivity contribution >= 4 is 22.8 Å². The van der Waals surface area contributed by atoms with E-state index in [0.717, 1.165) is 36.8 Å². The molecule has 0 atom stereocenters. The predicted molar refractivity (Wildman–Crippen MR) is 130 cm³/mol. The number of hydrogen-bond acceptors (Lipinski definition) is 8. The van der Waals surface area contributed by atoms with Crippen LogP contribution in [0.25, 0.3) is 16.6 Å². The third-order valence-electron chi connectivity index (χ3n) is 6.61. The van der Waals surface area contributed by atoms with Crippen LogP contribution in [-0.4, -0.2) is 51.4 Å². The Morgan fingerprint density at radius 1 is 1.26 bits per heavy atom. The zero-order valence-electron chi connectivity index (χ0n) is 20.1. The number of anilines is 2. The van der Waals surface area contributed by atoms with E-state index in [2.05, 4.69) is 25.8 Å². The minimum absolute atomic E-state index is 0.204. The lowest BCUT2D eigenvalue weighted by Gasteiger charge is -2.36. The van der Waals surface area contributed by atoms with Crippen LogP contribution < -0.4 is 15.4 Å². The van der Waals surface area contributed by atoms with Crippen LogP contribution in [0.3, 0.4) is 0 Å². The third kappa shape index (κ3) is 5.50. The summed E-state index contributed by atoms with van der Waals surface area (Å²) >= 11 is 0. The van der Waals surface area contributed by atoms with E-state index in [0.29, 0.717) is 23.0 Å². The molecule has 3 aromatic rings. The molecule has 0 amide bonds. The van der Waals surface area contributed by atoms with Gasteiger partial charge in [0.2, 0.25) is 11.8 Å². The lowest BCUT2D eigenvalue weighted by atomic mass is 9.77. The Morgan fingerprint density at radius 2 is 2.00 bits per heavy atom. The molecule has 1 saturated carbocycles. The van der Waals surface area contributed by atoms with Crippen LogP contribution in [0.5, 0.6) is 5.88 Å². The third-order valence-corrected chi connectivity index (χ3v) is 6.61. The number of methoxy groups -OCH3 is 1. The van der Waals surface area contributed by atoms with E-state index in [1.807, 2.05) is 19.9 Å². The molecule has 0 spiro atoms. The number of fused-ring (bicyclic) bond motifs is 1. The van der Waals surface area contributed by atoms with Crippen molar-refractivity contribution in [1.29, 1.82) is 5.53 Å². The van der Waals surface area contributed by atoms with Crippen LogP contribution in [0.15, 0.2) is 35.6 Å². The Labute approximate surface area is 202 Å². The van der Waals surface area contributed by atoms with Gasteiger partial charge in [0.25, 0.3) is 6.43 Å². The molecule has 1 fully saturated rings. The van der Waals surface area contributed by atoms with Gasteiger partial charge < -0.3 is 20.5 Å². The van der Waals surface area contributed by atoms with Gasteiger partial charge in [-0.3, -0.25) is 0 Å². The van der Waals surface area contributed by atoms with Gasteiger partial charge in [-0.05, 0) is 69.2 Å². The first-order valence-electron chi connectivity index (χ1n) is 11.7. The minimum atomic E-state index is -2.53. The molecule has 0 unspecified atom stereocenters. The maximum atomic E-state index is 12.7. The molecular formula is C24H31F2N7O2. The van der Waals surface area contributed by atoms with E-state index in [-0.39, 0.29) is 17.6 Å². The molecular weight excluding hydrogens is 456 g/mol. The van der Waals surface area contributed by atoms with Crippen molar-refractivity contribution in [2.75, 3.05) is 24.3 Å². The number of rotatable bonds is 9. The molecule has 1 aliphatic carbocycles. The fraction of sp³-hybridized carbons (Fsp3) is 0.500. The monoisotopic (exact) mass is 487 g/mol. The summed E-state index contributed by atoms with van der Waals surface area (Å²) in [6.45, 7) is 3.19. The molecule has 0 saturated heterocycles. The number of halogens is 2. The van der Waals surface area contributed by atoms with Gasteiger partial charge in [-0.15, -0.1) is 5.10 Å². The number of alkyl halides is 2. The molecule has 35 heavy (non-hydrogen) atoms. The highest BCUT2D eigenvalue weighted by molar-refractivity contribution is 5.87. The molecule has 188 valence electrons. The van der Waals surface area contributed by atoms with Gasteiger partial charge in [0, 0.05) is 17.8 Å². The molecule has 0 radical (unpaired) electrons. The van der Waals surface area contributed by atoms with Crippen LogP contribution in [0, 0.1) is 11.4 Å². The van der Waals surface area contributed by atoms with Crippen LogP contribution in [0.4, 0.5) is 26.1 Å². The van der Waals surface area contributed by atoms with Crippen molar-refractivity contribution in [1.82, 2.24) is 14.6 Å². The summed E-state index contributed by atoms with van der Waals surface area (Å²) < 4.78 is 32.7. The standard InChI is InChI=1S/C24H31F2N7O2/c1-24(2,34)15-5-7-16(8-6-15)29-23-30-22(35-3)21-17(10-11-33(21)32-23)14-4-9-18(31-27)19(12-14)28-13-20(25)26/h4,9-12,15-16,20,27-28,34H,5-8,13H2,1-3H3,(H,29,32). The van der Waals surface area contributed by atoms with Crippen molar-refractivity contribution in [3.05, 3.63) is 30.5 Å². The van der Waals surface area contributed by atoms with Crippen molar-refractivity contribution in [2.45, 2.75) is 57.6 Å². The van der Waals surface area contributed by atoms with Gasteiger partial charge in [0.15, 0.2) is 0 Å². The number of aromatic nitrogens is 3. The van der Waals surface area contributed by atoms with Crippen LogP contribution in [-0.2, 0) is 0 Å². The van der Waals surface area contributed by atoms with E-state index in [4.69, 9.17) is 10.3 Å².